The van der Waals surface area contributed by atoms with Gasteiger partial charge in [-0.1, -0.05) is 10.1 Å². The van der Waals surface area contributed by atoms with Gasteiger partial charge in [0.15, 0.2) is 17.4 Å². The average Bonchev–Trinajstić information content (AvgIpc) is 3.29. The quantitative estimate of drug-likeness (QED) is 0.0327. The number of nitrogens with two attached hydrogens (primary N) is 5. The Labute approximate surface area is 221 Å². The molecular weight excluding hydrogens is 546 g/mol. The summed E-state index contributed by atoms with van der Waals surface area (Å²) in [4.78, 5) is 51.0. The van der Waals surface area contributed by atoms with Gasteiger partial charge < -0.3 is 43.0 Å². The Bertz CT molecular complexity index is 1330. The molecule has 2 amide bonds. The first kappa shape index (κ1) is 26.1. The first-order valence-electron chi connectivity index (χ1n) is 10.3. The van der Waals surface area contributed by atoms with E-state index >= 15 is 0 Å². The summed E-state index contributed by atoms with van der Waals surface area (Å²) in [5.41, 5.74) is 23.5. The van der Waals surface area contributed by atoms with Crippen molar-refractivity contribution < 1.29 is 29.0 Å². The number of carboxylic acids is 1. The highest BCUT2D eigenvalue weighted by Gasteiger charge is 2.52. The van der Waals surface area contributed by atoms with Crippen LogP contribution in [0.25, 0.3) is 0 Å². The van der Waals surface area contributed by atoms with Crippen LogP contribution in [-0.4, -0.2) is 61.8 Å². The van der Waals surface area contributed by atoms with E-state index in [0.717, 1.165) is 27.6 Å². The van der Waals surface area contributed by atoms with Gasteiger partial charge in [-0.15, -0.1) is 27.8 Å². The number of aromatic nitrogens is 3. The third kappa shape index (κ3) is 5.27. The number of nitrogen functional groups attached to an aromatic ring is 5. The maximum Gasteiger partial charge on any atom is 0.323 e. The zero-order chi connectivity index (χ0) is 26.9. The Hall–Kier alpha value is -3.97. The lowest BCUT2D eigenvalue weighted by Crippen LogP contribution is -2.71. The number of nitrogens with one attached hydrogen (secondary N) is 1. The van der Waals surface area contributed by atoms with Crippen LogP contribution < -0.4 is 43.9 Å². The second kappa shape index (κ2) is 10.6. The molecule has 37 heavy (non-hydrogen) atoms. The number of carbonyl (C=O) groups is 3. The first-order valence-corrected chi connectivity index (χ1v) is 13.2. The molecule has 4 rings (SSSR count). The maximum atomic E-state index is 12.8. The highest BCUT2D eigenvalue weighted by atomic mass is 32.2. The highest BCUT2D eigenvalue weighted by molar-refractivity contribution is 8.01. The fraction of sp³-hybridized carbons (Fsp3) is 0.278. The van der Waals surface area contributed by atoms with Crippen molar-refractivity contribution in [2.45, 2.75) is 23.2 Å². The number of oxime groups is 1. The molecule has 0 aromatic carbocycles. The molecule has 0 aliphatic carbocycles. The van der Waals surface area contributed by atoms with Crippen molar-refractivity contribution in [2.24, 2.45) is 5.16 Å². The zero-order valence-electron chi connectivity index (χ0n) is 18.8. The largest absolute Gasteiger partial charge is 0.543 e. The Morgan fingerprint density at radius 2 is 2.11 bits per heavy atom. The van der Waals surface area contributed by atoms with Crippen molar-refractivity contribution in [1.82, 2.24) is 20.2 Å². The van der Waals surface area contributed by atoms with Crippen LogP contribution in [0.1, 0.15) is 5.69 Å². The van der Waals surface area contributed by atoms with Gasteiger partial charge >= 0.3 is 5.16 Å². The third-order valence-electron chi connectivity index (χ3n) is 5.17. The Balaban J connectivity index is 1.38. The summed E-state index contributed by atoms with van der Waals surface area (Å²) in [6.45, 7) is 0.0158. The van der Waals surface area contributed by atoms with E-state index in [9.17, 15) is 19.5 Å². The molecule has 4 heterocycles. The van der Waals surface area contributed by atoms with Crippen molar-refractivity contribution in [3.05, 3.63) is 22.3 Å². The highest BCUT2D eigenvalue weighted by Crippen LogP contribution is 2.41. The molecule has 2 aliphatic rings. The minimum absolute atomic E-state index is 0.000425. The molecule has 16 nitrogen and oxygen atoms in total. The molecule has 1 saturated heterocycles. The Morgan fingerprint density at radius 1 is 1.35 bits per heavy atom. The number of carbonyl (C=O) groups excluding carboxylic acids is 3. The summed E-state index contributed by atoms with van der Waals surface area (Å²) < 4.78 is 1.03. The molecular formula is C18H21N11O5S3. The van der Waals surface area contributed by atoms with Crippen molar-refractivity contribution in [2.75, 3.05) is 40.3 Å². The lowest BCUT2D eigenvalue weighted by atomic mass is 10.0. The van der Waals surface area contributed by atoms with Gasteiger partial charge in [0.1, 0.15) is 17.6 Å². The van der Waals surface area contributed by atoms with E-state index in [1.807, 2.05) is 0 Å². The van der Waals surface area contributed by atoms with Crippen molar-refractivity contribution >= 4 is 81.3 Å². The standard InChI is InChI=1S/C18H21N11O5S3/c19-9-12(20)27-18(29(23)13(9)21)37-4-6-3-35-15-10(14(31)28(15)11(6)16(32)33)26-8(30)1-24-34-2-7-5-36-17(22)25-7/h1,5,10,15H,2-4,23H2,(H9,19,20,21,22,24,25,26,30,32,33). The number of β-lactam (4-membered cyclic amide) rings is 1. The van der Waals surface area contributed by atoms with E-state index < -0.39 is 29.2 Å². The lowest BCUT2D eigenvalue weighted by molar-refractivity contribution is -0.667. The average molecular weight is 568 g/mol. The summed E-state index contributed by atoms with van der Waals surface area (Å²) in [5, 5.41) is 19.6. The molecule has 1 fully saturated rings. The minimum atomic E-state index is -1.53. The van der Waals surface area contributed by atoms with Crippen LogP contribution in [0.5, 0.6) is 0 Å². The zero-order valence-corrected chi connectivity index (χ0v) is 21.3. The molecule has 19 heteroatoms. The number of anilines is 4. The Kier molecular flexibility index (Phi) is 7.45. The lowest BCUT2D eigenvalue weighted by Gasteiger charge is -2.50. The molecule has 2 atom stereocenters. The Morgan fingerprint density at radius 3 is 2.78 bits per heavy atom. The van der Waals surface area contributed by atoms with Gasteiger partial charge in [0, 0.05) is 16.9 Å². The van der Waals surface area contributed by atoms with Gasteiger partial charge in [-0.05, 0) is 17.3 Å². The van der Waals surface area contributed by atoms with Gasteiger partial charge in [0.25, 0.3) is 17.6 Å². The number of rotatable bonds is 9. The number of nitrogens with zero attached hydrogens (tertiary/aromatic N) is 5. The molecule has 0 saturated carbocycles. The first-order chi connectivity index (χ1) is 17.6. The van der Waals surface area contributed by atoms with Crippen LogP contribution in [0.15, 0.2) is 27.0 Å². The number of thioether (sulfide) groups is 2. The second-order valence-corrected chi connectivity index (χ2v) is 10.5. The molecule has 2 aromatic rings. The van der Waals surface area contributed by atoms with Gasteiger partial charge in [-0.2, -0.15) is 0 Å². The van der Waals surface area contributed by atoms with E-state index in [2.05, 4.69) is 20.4 Å². The van der Waals surface area contributed by atoms with E-state index in [4.69, 9.17) is 33.6 Å². The summed E-state index contributed by atoms with van der Waals surface area (Å²) in [6.07, 6.45) is 0.871. The molecule has 2 aliphatic heterocycles. The third-order valence-corrected chi connectivity index (χ3v) is 8.28. The molecule has 196 valence electrons. The van der Waals surface area contributed by atoms with E-state index in [1.165, 1.54) is 23.1 Å². The van der Waals surface area contributed by atoms with Gasteiger partial charge in [-0.3, -0.25) is 20.3 Å². The van der Waals surface area contributed by atoms with Crippen LogP contribution in [0.3, 0.4) is 0 Å². The summed E-state index contributed by atoms with van der Waals surface area (Å²) in [7, 11) is 0. The number of thiazole rings is 1. The van der Waals surface area contributed by atoms with Crippen LogP contribution in [0.4, 0.5) is 22.5 Å². The van der Waals surface area contributed by atoms with Crippen LogP contribution in [-0.2, 0) is 25.8 Å². The van der Waals surface area contributed by atoms with E-state index in [-0.39, 0.29) is 46.3 Å². The van der Waals surface area contributed by atoms with Crippen molar-refractivity contribution in [3.8, 4) is 0 Å². The number of fused-ring (bicyclic) bond motifs is 1. The molecule has 11 N–H and O–H groups in total. The number of carboxylic acid groups (broad SMARTS) is 1. The summed E-state index contributed by atoms with van der Waals surface area (Å²) in [5.74, 6) is 3.39. The fourth-order valence-corrected chi connectivity index (χ4v) is 6.35. The van der Waals surface area contributed by atoms with Crippen LogP contribution in [0, 0.1) is 0 Å². The predicted octanol–water partition coefficient (Wildman–Crippen LogP) is -3.43. The minimum Gasteiger partial charge on any atom is -0.543 e. The summed E-state index contributed by atoms with van der Waals surface area (Å²) >= 11 is 3.58. The molecule has 2 aromatic heterocycles. The number of hydrogen-bond donors (Lipinski definition) is 6. The van der Waals surface area contributed by atoms with Crippen LogP contribution >= 0.6 is 34.9 Å². The summed E-state index contributed by atoms with van der Waals surface area (Å²) in [6, 6.07) is -0.949. The SMILES string of the molecule is Nc1nc(CO/N=C\C(=O)NC2C(=O)N3C(C(=O)[O-])=C(CSc4nc(N)c(N)c(N)[n+]4N)CSC23)cs1. The fourth-order valence-electron chi connectivity index (χ4n) is 3.39. The van der Waals surface area contributed by atoms with Crippen LogP contribution in [0.2, 0.25) is 0 Å². The smallest absolute Gasteiger partial charge is 0.323 e. The number of aliphatic carboxylic acids is 1. The van der Waals surface area contributed by atoms with E-state index in [1.54, 1.807) is 5.38 Å². The molecule has 0 spiro atoms. The van der Waals surface area contributed by atoms with Crippen molar-refractivity contribution in [3.63, 3.8) is 0 Å². The maximum absolute atomic E-state index is 12.8. The second-order valence-electron chi connectivity index (χ2n) is 7.56. The van der Waals surface area contributed by atoms with Crippen molar-refractivity contribution in [1.29, 1.82) is 0 Å². The molecule has 0 bridgehead atoms. The van der Waals surface area contributed by atoms with Gasteiger partial charge in [0.2, 0.25) is 5.82 Å². The van der Waals surface area contributed by atoms with Gasteiger partial charge in [-0.25, -0.2) is 4.98 Å². The monoisotopic (exact) mass is 567 g/mol. The predicted molar refractivity (Wildman–Crippen MR) is 135 cm³/mol. The molecule has 2 unspecified atom stereocenters. The number of amides is 2. The van der Waals surface area contributed by atoms with E-state index in [0.29, 0.717) is 16.4 Å². The van der Waals surface area contributed by atoms with Gasteiger partial charge in [0.05, 0.1) is 17.4 Å². The molecule has 0 radical (unpaired) electrons. The number of hydrogen-bond acceptors (Lipinski definition) is 16. The topological polar surface area (TPSA) is 271 Å². The normalized spacial score (nSPS) is 19.0.